The van der Waals surface area contributed by atoms with Crippen molar-refractivity contribution in [3.63, 3.8) is 0 Å². The number of piperidine rings is 2. The summed E-state index contributed by atoms with van der Waals surface area (Å²) in [6.07, 6.45) is 4.71. The third-order valence-electron chi connectivity index (χ3n) is 5.82. The monoisotopic (exact) mass is 310 g/mol. The minimum atomic E-state index is -0.795. The first-order valence-electron chi connectivity index (χ1n) is 8.72. The zero-order valence-corrected chi connectivity index (χ0v) is 14.0. The van der Waals surface area contributed by atoms with E-state index in [1.807, 2.05) is 4.90 Å². The number of aliphatic hydroxyl groups is 1. The predicted octanol–water partition coefficient (Wildman–Crippen LogP) is 1.25. The van der Waals surface area contributed by atoms with Crippen molar-refractivity contribution in [1.82, 2.24) is 9.80 Å². The third kappa shape index (κ3) is 3.47. The number of likely N-dealkylation sites (tertiary alicyclic amines) is 2. The van der Waals surface area contributed by atoms with Gasteiger partial charge in [-0.1, -0.05) is 6.92 Å². The van der Waals surface area contributed by atoms with Gasteiger partial charge in [0, 0.05) is 32.8 Å². The highest BCUT2D eigenvalue weighted by atomic mass is 16.5. The van der Waals surface area contributed by atoms with Crippen LogP contribution in [0.4, 0.5) is 0 Å². The quantitative estimate of drug-likeness (QED) is 0.834. The van der Waals surface area contributed by atoms with Gasteiger partial charge in [0.25, 0.3) is 0 Å². The van der Waals surface area contributed by atoms with Crippen LogP contribution in [0.2, 0.25) is 0 Å². The molecule has 3 heterocycles. The van der Waals surface area contributed by atoms with E-state index in [1.54, 1.807) is 0 Å². The van der Waals surface area contributed by atoms with Crippen LogP contribution in [-0.4, -0.2) is 71.8 Å². The first-order valence-corrected chi connectivity index (χ1v) is 8.72. The Kier molecular flexibility index (Phi) is 4.49. The van der Waals surface area contributed by atoms with Crippen molar-refractivity contribution in [2.75, 3.05) is 39.8 Å². The summed E-state index contributed by atoms with van der Waals surface area (Å²) in [6.45, 7) is 6.41. The highest BCUT2D eigenvalue weighted by Crippen LogP contribution is 2.38. The number of carbonyl (C=O) groups excluding carboxylic acids is 1. The van der Waals surface area contributed by atoms with Crippen molar-refractivity contribution in [3.05, 3.63) is 0 Å². The van der Waals surface area contributed by atoms with E-state index in [1.165, 1.54) is 0 Å². The fourth-order valence-electron chi connectivity index (χ4n) is 4.19. The Hall–Kier alpha value is -0.650. The summed E-state index contributed by atoms with van der Waals surface area (Å²) in [6, 6.07) is 0. The molecule has 0 aliphatic carbocycles. The second-order valence-electron chi connectivity index (χ2n) is 7.89. The molecule has 0 aromatic heterocycles. The smallest absolute Gasteiger partial charge is 0.225 e. The van der Waals surface area contributed by atoms with Gasteiger partial charge in [-0.15, -0.1) is 0 Å². The van der Waals surface area contributed by atoms with E-state index in [2.05, 4.69) is 18.9 Å². The molecule has 3 fully saturated rings. The Morgan fingerprint density at radius 1 is 1.18 bits per heavy atom. The van der Waals surface area contributed by atoms with E-state index in [-0.39, 0.29) is 17.9 Å². The summed E-state index contributed by atoms with van der Waals surface area (Å²) in [7, 11) is 2.06. The molecule has 1 N–H and O–H groups in total. The van der Waals surface area contributed by atoms with Crippen molar-refractivity contribution >= 4 is 5.91 Å². The van der Waals surface area contributed by atoms with Crippen LogP contribution in [-0.2, 0) is 9.53 Å². The Balaban J connectivity index is 1.50. The molecular weight excluding hydrogens is 280 g/mol. The second kappa shape index (κ2) is 6.10. The molecule has 0 aromatic rings. The molecule has 3 aliphatic heterocycles. The van der Waals surface area contributed by atoms with E-state index < -0.39 is 5.60 Å². The fourth-order valence-corrected chi connectivity index (χ4v) is 4.19. The van der Waals surface area contributed by atoms with E-state index in [9.17, 15) is 9.90 Å². The lowest BCUT2D eigenvalue weighted by molar-refractivity contribution is -0.143. The molecule has 0 bridgehead atoms. The maximum absolute atomic E-state index is 12.5. The molecule has 0 radical (unpaired) electrons. The van der Waals surface area contributed by atoms with Gasteiger partial charge >= 0.3 is 0 Å². The van der Waals surface area contributed by atoms with Gasteiger partial charge in [-0.2, -0.15) is 0 Å². The minimum absolute atomic E-state index is 0.0284. The Labute approximate surface area is 133 Å². The molecule has 22 heavy (non-hydrogen) atoms. The molecular formula is C17H30N2O3. The highest BCUT2D eigenvalue weighted by Gasteiger charge is 2.43. The molecule has 1 atom stereocenters. The molecule has 0 unspecified atom stereocenters. The molecule has 3 aliphatic rings. The first-order chi connectivity index (χ1) is 10.4. The lowest BCUT2D eigenvalue weighted by atomic mass is 9.84. The van der Waals surface area contributed by atoms with Gasteiger partial charge in [0.05, 0.1) is 17.6 Å². The van der Waals surface area contributed by atoms with Crippen LogP contribution in [0.3, 0.4) is 0 Å². The van der Waals surface area contributed by atoms with Crippen LogP contribution in [0.15, 0.2) is 0 Å². The maximum Gasteiger partial charge on any atom is 0.225 e. The normalized spacial score (nSPS) is 31.6. The SMILES string of the molecule is C[C@@H]1COC2(CCN(C(=O)CC3(O)CCN(C)CC3)CC2)C1. The van der Waals surface area contributed by atoms with Crippen LogP contribution >= 0.6 is 0 Å². The van der Waals surface area contributed by atoms with Crippen molar-refractivity contribution < 1.29 is 14.6 Å². The lowest BCUT2D eigenvalue weighted by Gasteiger charge is -2.41. The van der Waals surface area contributed by atoms with Crippen LogP contribution in [0.5, 0.6) is 0 Å². The van der Waals surface area contributed by atoms with Crippen LogP contribution in [0, 0.1) is 5.92 Å². The Bertz CT molecular complexity index is 410. The van der Waals surface area contributed by atoms with E-state index >= 15 is 0 Å². The van der Waals surface area contributed by atoms with Crippen LogP contribution in [0.25, 0.3) is 0 Å². The summed E-state index contributed by atoms with van der Waals surface area (Å²) < 4.78 is 6.01. The van der Waals surface area contributed by atoms with Gasteiger partial charge in [0.2, 0.25) is 5.91 Å². The molecule has 0 aromatic carbocycles. The minimum Gasteiger partial charge on any atom is -0.389 e. The number of amides is 1. The zero-order valence-electron chi connectivity index (χ0n) is 14.0. The number of carbonyl (C=O) groups is 1. The van der Waals surface area contributed by atoms with Gasteiger partial charge in [-0.3, -0.25) is 4.79 Å². The van der Waals surface area contributed by atoms with E-state index in [0.717, 1.165) is 52.0 Å². The Morgan fingerprint density at radius 3 is 2.36 bits per heavy atom. The van der Waals surface area contributed by atoms with E-state index in [0.29, 0.717) is 18.8 Å². The summed E-state index contributed by atoms with van der Waals surface area (Å²) in [5.74, 6) is 0.759. The fraction of sp³-hybridized carbons (Fsp3) is 0.941. The predicted molar refractivity (Wildman–Crippen MR) is 84.6 cm³/mol. The van der Waals surface area contributed by atoms with Crippen LogP contribution < -0.4 is 0 Å². The maximum atomic E-state index is 12.5. The van der Waals surface area contributed by atoms with E-state index in [4.69, 9.17) is 4.74 Å². The number of hydrogen-bond donors (Lipinski definition) is 1. The number of ether oxygens (including phenoxy) is 1. The van der Waals surface area contributed by atoms with Gasteiger partial charge in [-0.05, 0) is 45.1 Å². The van der Waals surface area contributed by atoms with Crippen molar-refractivity contribution in [2.45, 2.75) is 56.7 Å². The molecule has 126 valence electrons. The largest absolute Gasteiger partial charge is 0.389 e. The second-order valence-corrected chi connectivity index (χ2v) is 7.89. The number of hydrogen-bond acceptors (Lipinski definition) is 4. The summed E-state index contributed by atoms with van der Waals surface area (Å²) in [5.41, 5.74) is -0.766. The molecule has 1 amide bonds. The standard InChI is InChI=1S/C17H30N2O3/c1-14-11-17(22-13-14)5-9-19(10-6-17)15(20)12-16(21)3-7-18(2)8-4-16/h14,21H,3-13H2,1-2H3/t14-/m0/s1. The average Bonchev–Trinajstić information content (AvgIpc) is 2.84. The lowest BCUT2D eigenvalue weighted by Crippen LogP contribution is -2.50. The number of rotatable bonds is 2. The topological polar surface area (TPSA) is 53.0 Å². The van der Waals surface area contributed by atoms with Gasteiger partial charge in [0.1, 0.15) is 0 Å². The summed E-state index contributed by atoms with van der Waals surface area (Å²) in [4.78, 5) is 16.7. The van der Waals surface area contributed by atoms with Crippen molar-refractivity contribution in [1.29, 1.82) is 0 Å². The average molecular weight is 310 g/mol. The Morgan fingerprint density at radius 2 is 1.82 bits per heavy atom. The van der Waals surface area contributed by atoms with Gasteiger partial charge < -0.3 is 19.6 Å². The molecule has 3 saturated heterocycles. The molecule has 0 saturated carbocycles. The molecule has 3 rings (SSSR count). The highest BCUT2D eigenvalue weighted by molar-refractivity contribution is 5.77. The first kappa shape index (κ1) is 16.2. The molecule has 5 nitrogen and oxygen atoms in total. The van der Waals surface area contributed by atoms with Crippen molar-refractivity contribution in [2.24, 2.45) is 5.92 Å². The zero-order chi connectivity index (χ0) is 15.8. The third-order valence-corrected chi connectivity index (χ3v) is 5.82. The summed E-state index contributed by atoms with van der Waals surface area (Å²) in [5, 5.41) is 10.6. The van der Waals surface area contributed by atoms with Gasteiger partial charge in [0.15, 0.2) is 0 Å². The summed E-state index contributed by atoms with van der Waals surface area (Å²) >= 11 is 0. The number of nitrogens with zero attached hydrogens (tertiary/aromatic N) is 2. The van der Waals surface area contributed by atoms with Crippen LogP contribution in [0.1, 0.15) is 45.4 Å². The van der Waals surface area contributed by atoms with Gasteiger partial charge in [-0.25, -0.2) is 0 Å². The molecule has 1 spiro atoms. The molecule has 5 heteroatoms. The van der Waals surface area contributed by atoms with Crippen molar-refractivity contribution in [3.8, 4) is 0 Å².